The summed E-state index contributed by atoms with van der Waals surface area (Å²) in [6, 6.07) is 11.0. The van der Waals surface area contributed by atoms with Crippen molar-refractivity contribution in [3.8, 4) is 6.07 Å². The lowest BCUT2D eigenvalue weighted by Crippen LogP contribution is -2.46. The highest BCUT2D eigenvalue weighted by Gasteiger charge is 2.26. The van der Waals surface area contributed by atoms with Gasteiger partial charge in [-0.05, 0) is 38.4 Å². The monoisotopic (exact) mass is 286 g/mol. The fraction of sp³-hybridized carbons (Fsp3) is 0.588. The molecule has 0 bridgehead atoms. The van der Waals surface area contributed by atoms with Gasteiger partial charge in [-0.3, -0.25) is 5.32 Å². The summed E-state index contributed by atoms with van der Waals surface area (Å²) >= 11 is 0. The van der Waals surface area contributed by atoms with Crippen molar-refractivity contribution in [2.24, 2.45) is 0 Å². The van der Waals surface area contributed by atoms with Crippen LogP contribution in [0.2, 0.25) is 0 Å². The average molecular weight is 286 g/mol. The third kappa shape index (κ3) is 3.68. The highest BCUT2D eigenvalue weighted by Crippen LogP contribution is 2.32. The van der Waals surface area contributed by atoms with E-state index in [-0.39, 0.29) is 0 Å². The maximum atomic E-state index is 9.44. The molecule has 21 heavy (non-hydrogen) atoms. The Morgan fingerprint density at radius 1 is 1.29 bits per heavy atom. The zero-order chi connectivity index (χ0) is 15.3. The molecule has 114 valence electrons. The summed E-state index contributed by atoms with van der Waals surface area (Å²) in [5.41, 5.74) is 2.12. The maximum absolute atomic E-state index is 9.44. The largest absolute Gasteiger partial charge is 0.371 e. The fourth-order valence-corrected chi connectivity index (χ4v) is 2.74. The molecule has 1 aliphatic rings. The van der Waals surface area contributed by atoms with Crippen molar-refractivity contribution in [2.45, 2.75) is 32.2 Å². The quantitative estimate of drug-likeness (QED) is 0.873. The van der Waals surface area contributed by atoms with Gasteiger partial charge in [0, 0.05) is 26.7 Å². The lowest BCUT2D eigenvalue weighted by molar-refractivity contribution is 0.417. The second kappa shape index (κ2) is 6.82. The summed E-state index contributed by atoms with van der Waals surface area (Å²) in [5.74, 6) is 0. The lowest BCUT2D eigenvalue weighted by Gasteiger charge is -2.38. The first-order valence-corrected chi connectivity index (χ1v) is 7.81. The van der Waals surface area contributed by atoms with Crippen LogP contribution in [0.3, 0.4) is 0 Å². The Hall–Kier alpha value is -1.73. The van der Waals surface area contributed by atoms with Crippen molar-refractivity contribution >= 4 is 11.4 Å². The number of nitriles is 1. The molecule has 0 radical (unpaired) electrons. The number of nitrogens with one attached hydrogen (secondary N) is 1. The van der Waals surface area contributed by atoms with Gasteiger partial charge in [-0.25, -0.2) is 0 Å². The van der Waals surface area contributed by atoms with E-state index in [1.165, 1.54) is 11.4 Å². The zero-order valence-electron chi connectivity index (χ0n) is 13.4. The van der Waals surface area contributed by atoms with Crippen LogP contribution in [0.15, 0.2) is 24.3 Å². The second-order valence-electron chi connectivity index (χ2n) is 6.02. The van der Waals surface area contributed by atoms with Crippen LogP contribution in [0.4, 0.5) is 11.4 Å². The second-order valence-corrected chi connectivity index (χ2v) is 6.02. The van der Waals surface area contributed by atoms with E-state index in [4.69, 9.17) is 0 Å². The van der Waals surface area contributed by atoms with Gasteiger partial charge in [-0.15, -0.1) is 0 Å². The van der Waals surface area contributed by atoms with Gasteiger partial charge in [0.1, 0.15) is 5.54 Å². The van der Waals surface area contributed by atoms with Crippen molar-refractivity contribution in [3.05, 3.63) is 24.3 Å². The van der Waals surface area contributed by atoms with Crippen molar-refractivity contribution in [1.29, 1.82) is 5.26 Å². The van der Waals surface area contributed by atoms with Crippen molar-refractivity contribution in [3.63, 3.8) is 0 Å². The first-order valence-electron chi connectivity index (χ1n) is 7.81. The predicted molar refractivity (Wildman–Crippen MR) is 88.9 cm³/mol. The van der Waals surface area contributed by atoms with Gasteiger partial charge in [-0.1, -0.05) is 19.1 Å². The Balaban J connectivity index is 2.04. The molecule has 1 heterocycles. The van der Waals surface area contributed by atoms with Crippen LogP contribution in [0.1, 0.15) is 26.7 Å². The van der Waals surface area contributed by atoms with Gasteiger partial charge >= 0.3 is 0 Å². The molecule has 1 aliphatic heterocycles. The molecule has 1 aromatic carbocycles. The van der Waals surface area contributed by atoms with Crippen molar-refractivity contribution in [2.75, 3.05) is 43.0 Å². The number of benzene rings is 1. The summed E-state index contributed by atoms with van der Waals surface area (Å²) < 4.78 is 0. The smallest absolute Gasteiger partial charge is 0.105 e. The third-order valence-corrected chi connectivity index (χ3v) is 4.23. The minimum Gasteiger partial charge on any atom is -0.371 e. The van der Waals surface area contributed by atoms with E-state index in [0.29, 0.717) is 0 Å². The third-order valence-electron chi connectivity index (χ3n) is 4.23. The summed E-state index contributed by atoms with van der Waals surface area (Å²) in [4.78, 5) is 4.70. The number of para-hydroxylation sites is 2. The summed E-state index contributed by atoms with van der Waals surface area (Å²) in [6.07, 6.45) is 1.89. The molecule has 0 fully saturated rings. The molecule has 1 unspecified atom stereocenters. The number of likely N-dealkylation sites (N-methyl/N-ethyl adjacent to an activating group) is 1. The van der Waals surface area contributed by atoms with Crippen LogP contribution in [0.25, 0.3) is 0 Å². The summed E-state index contributed by atoms with van der Waals surface area (Å²) in [6.45, 7) is 7.98. The van der Waals surface area contributed by atoms with Crippen molar-refractivity contribution in [1.82, 2.24) is 5.32 Å². The molecule has 1 atom stereocenters. The number of hydrogen-bond acceptors (Lipinski definition) is 4. The minimum atomic E-state index is -0.436. The van der Waals surface area contributed by atoms with Gasteiger partial charge < -0.3 is 9.80 Å². The Morgan fingerprint density at radius 3 is 2.67 bits per heavy atom. The molecule has 1 aromatic rings. The molecule has 0 aromatic heterocycles. The number of fused-ring (bicyclic) bond motifs is 1. The maximum Gasteiger partial charge on any atom is 0.105 e. The molecule has 0 amide bonds. The first-order chi connectivity index (χ1) is 10.1. The molecule has 0 saturated carbocycles. The van der Waals surface area contributed by atoms with E-state index in [9.17, 15) is 5.26 Å². The van der Waals surface area contributed by atoms with Crippen LogP contribution in [-0.2, 0) is 0 Å². The summed E-state index contributed by atoms with van der Waals surface area (Å²) in [5, 5.41) is 12.8. The topological polar surface area (TPSA) is 42.3 Å². The van der Waals surface area contributed by atoms with Gasteiger partial charge in [0.15, 0.2) is 0 Å². The van der Waals surface area contributed by atoms with E-state index in [2.05, 4.69) is 59.4 Å². The number of nitrogens with zero attached hydrogens (tertiary/aromatic N) is 3. The molecule has 4 nitrogen and oxygen atoms in total. The lowest BCUT2D eigenvalue weighted by atomic mass is 9.98. The Labute approximate surface area is 128 Å². The normalized spacial score (nSPS) is 17.0. The van der Waals surface area contributed by atoms with Gasteiger partial charge in [0.05, 0.1) is 17.4 Å². The molecular weight excluding hydrogens is 260 g/mol. The molecule has 0 saturated heterocycles. The SMILES string of the molecule is CCCNC(C)(C#N)CCN1CCN(C)c2ccccc21. The molecule has 0 aliphatic carbocycles. The van der Waals surface area contributed by atoms with Crippen LogP contribution in [0, 0.1) is 11.3 Å². The average Bonchev–Trinajstić information content (AvgIpc) is 2.53. The molecule has 0 spiro atoms. The van der Waals surface area contributed by atoms with E-state index in [1.807, 2.05) is 6.92 Å². The number of hydrogen-bond donors (Lipinski definition) is 1. The predicted octanol–water partition coefficient (Wildman–Crippen LogP) is 2.61. The van der Waals surface area contributed by atoms with Crippen molar-refractivity contribution < 1.29 is 0 Å². The van der Waals surface area contributed by atoms with Crippen LogP contribution >= 0.6 is 0 Å². The van der Waals surface area contributed by atoms with E-state index < -0.39 is 5.54 Å². The van der Waals surface area contributed by atoms with Gasteiger partial charge in [0.2, 0.25) is 0 Å². The highest BCUT2D eigenvalue weighted by atomic mass is 15.2. The van der Waals surface area contributed by atoms with Gasteiger partial charge in [-0.2, -0.15) is 5.26 Å². The molecule has 1 N–H and O–H groups in total. The summed E-state index contributed by atoms with van der Waals surface area (Å²) in [7, 11) is 2.14. The standard InChI is InChI=1S/C17H26N4/c1-4-10-19-17(2,14-18)9-11-21-13-12-20(3)15-7-5-6-8-16(15)21/h5-8,19H,4,9-13H2,1-3H3. The Kier molecular flexibility index (Phi) is 5.08. The molecular formula is C17H26N4. The minimum absolute atomic E-state index is 0.436. The van der Waals surface area contributed by atoms with Crippen LogP contribution in [-0.4, -0.2) is 38.8 Å². The number of rotatable bonds is 6. The molecule has 2 rings (SSSR count). The number of anilines is 2. The van der Waals surface area contributed by atoms with Crippen LogP contribution in [0.5, 0.6) is 0 Å². The van der Waals surface area contributed by atoms with Crippen LogP contribution < -0.4 is 15.1 Å². The fourth-order valence-electron chi connectivity index (χ4n) is 2.74. The van der Waals surface area contributed by atoms with E-state index in [0.717, 1.165) is 39.0 Å². The Morgan fingerprint density at radius 2 is 2.00 bits per heavy atom. The zero-order valence-corrected chi connectivity index (χ0v) is 13.4. The Bertz CT molecular complexity index is 508. The van der Waals surface area contributed by atoms with E-state index in [1.54, 1.807) is 0 Å². The van der Waals surface area contributed by atoms with Gasteiger partial charge in [0.25, 0.3) is 0 Å². The molecule has 4 heteroatoms. The first kappa shape index (κ1) is 15.7. The van der Waals surface area contributed by atoms with E-state index >= 15 is 0 Å². The highest BCUT2D eigenvalue weighted by molar-refractivity contribution is 5.73.